The van der Waals surface area contributed by atoms with Crippen LogP contribution >= 0.6 is 36.2 Å². The zero-order valence-electron chi connectivity index (χ0n) is 18.0. The minimum absolute atomic E-state index is 0. The zero-order valence-corrected chi connectivity index (χ0v) is 23.9. The molecule has 1 heterocycles. The Balaban J connectivity index is 0.000000458. The number of fused-ring (bicyclic) bond motifs is 1. The largest absolute Gasteiger partial charge is 0.155 e. The molecular formula is C24H30Cl2SSiZr. The SMILES string of the molecule is CC1=[C-]C(C)C(C)=C1C.C[Si](C)=[Zr+2].Cl.Cl.c1csc(-c2c[cH-]c3ccccc23)c1. The van der Waals surface area contributed by atoms with Crippen LogP contribution in [0.15, 0.2) is 70.6 Å². The van der Waals surface area contributed by atoms with E-state index in [-0.39, 0.29) is 30.2 Å². The summed E-state index contributed by atoms with van der Waals surface area (Å²) in [5.41, 5.74) is 5.81. The Hall–Kier alpha value is -0.310. The summed E-state index contributed by atoms with van der Waals surface area (Å²) in [5.74, 6) is 0.560. The van der Waals surface area contributed by atoms with Gasteiger partial charge < -0.3 is 0 Å². The van der Waals surface area contributed by atoms with Gasteiger partial charge in [0, 0.05) is 0 Å². The van der Waals surface area contributed by atoms with Gasteiger partial charge >= 0.3 is 41.9 Å². The third-order valence-corrected chi connectivity index (χ3v) is 5.61. The van der Waals surface area contributed by atoms with Crippen molar-refractivity contribution in [2.45, 2.75) is 40.8 Å². The molecule has 0 fully saturated rings. The average molecular weight is 541 g/mol. The van der Waals surface area contributed by atoms with E-state index in [2.05, 4.69) is 101 Å². The molecule has 154 valence electrons. The molecule has 0 saturated carbocycles. The van der Waals surface area contributed by atoms with Crippen LogP contribution in [-0.4, -0.2) is 5.43 Å². The molecule has 1 aliphatic rings. The summed E-state index contributed by atoms with van der Waals surface area (Å²) in [6.07, 6.45) is 3.36. The van der Waals surface area contributed by atoms with E-state index in [1.807, 2.05) is 0 Å². The molecular weight excluding hydrogens is 511 g/mol. The van der Waals surface area contributed by atoms with Crippen molar-refractivity contribution in [2.24, 2.45) is 5.92 Å². The Morgan fingerprint density at radius 1 is 1.03 bits per heavy atom. The fourth-order valence-electron chi connectivity index (χ4n) is 2.96. The van der Waals surface area contributed by atoms with Gasteiger partial charge in [0.25, 0.3) is 0 Å². The molecule has 0 spiro atoms. The first-order chi connectivity index (χ1) is 12.8. The molecule has 5 heteroatoms. The number of rotatable bonds is 1. The minimum atomic E-state index is 0. The van der Waals surface area contributed by atoms with Gasteiger partial charge in [0.05, 0.1) is 0 Å². The second-order valence-electron chi connectivity index (χ2n) is 7.11. The topological polar surface area (TPSA) is 0 Å². The van der Waals surface area contributed by atoms with Crippen molar-refractivity contribution in [3.63, 3.8) is 0 Å². The standard InChI is InChI=1S/C13H9S.C9H13.C2H6Si.2ClH.Zr/c1-2-5-11-10(4-1)7-8-12(11)13-6-3-9-14-13;1-6-5-7(2)9(4)8(6)3;1-3-2;;;/h1-9H;6H,1-4H3;1-2H3;2*1H;/q2*-1;;;;+2. The van der Waals surface area contributed by atoms with Crippen LogP contribution < -0.4 is 0 Å². The predicted octanol–water partition coefficient (Wildman–Crippen LogP) is 8.64. The van der Waals surface area contributed by atoms with Crippen LogP contribution in [0.2, 0.25) is 13.1 Å². The van der Waals surface area contributed by atoms with E-state index in [1.165, 1.54) is 37.9 Å². The molecule has 0 bridgehead atoms. The summed E-state index contributed by atoms with van der Waals surface area (Å²) in [5, 5.41) is 4.81. The number of benzene rings is 1. The Bertz CT molecular complexity index is 964. The summed E-state index contributed by atoms with van der Waals surface area (Å²) in [4.78, 5) is 1.35. The van der Waals surface area contributed by atoms with Gasteiger partial charge in [-0.2, -0.15) is 22.5 Å². The summed E-state index contributed by atoms with van der Waals surface area (Å²) in [6, 6.07) is 17.2. The Kier molecular flexibility index (Phi) is 13.7. The van der Waals surface area contributed by atoms with Crippen molar-refractivity contribution in [2.75, 3.05) is 0 Å². The fourth-order valence-corrected chi connectivity index (χ4v) is 3.72. The first-order valence-electron chi connectivity index (χ1n) is 9.29. The van der Waals surface area contributed by atoms with E-state index in [9.17, 15) is 0 Å². The molecule has 0 amide bonds. The predicted molar refractivity (Wildman–Crippen MR) is 135 cm³/mol. The molecule has 29 heavy (non-hydrogen) atoms. The van der Waals surface area contributed by atoms with Crippen LogP contribution in [-0.2, 0) is 23.3 Å². The maximum atomic E-state index is 3.36. The summed E-state index contributed by atoms with van der Waals surface area (Å²) in [6.45, 7) is 13.3. The maximum absolute atomic E-state index is 3.36. The van der Waals surface area contributed by atoms with E-state index in [0.717, 1.165) is 0 Å². The number of hydrogen-bond acceptors (Lipinski definition) is 1. The fraction of sp³-hybridized carbons (Fsp3) is 0.292. The molecule has 0 radical (unpaired) electrons. The van der Waals surface area contributed by atoms with Crippen molar-refractivity contribution >= 4 is 52.4 Å². The molecule has 0 saturated heterocycles. The number of hydrogen-bond donors (Lipinski definition) is 0. The van der Waals surface area contributed by atoms with Gasteiger partial charge in [-0.1, -0.05) is 44.9 Å². The molecule has 1 unspecified atom stereocenters. The smallest absolute Gasteiger partial charge is 0.00957 e. The minimum Gasteiger partial charge on any atom is -0.155 e. The van der Waals surface area contributed by atoms with Gasteiger partial charge in [-0.15, -0.1) is 78.4 Å². The van der Waals surface area contributed by atoms with Gasteiger partial charge in [0.1, 0.15) is 0 Å². The van der Waals surface area contributed by atoms with E-state index in [0.29, 0.717) is 5.92 Å². The van der Waals surface area contributed by atoms with Crippen LogP contribution in [0.1, 0.15) is 27.7 Å². The number of thiophene rings is 1. The molecule has 1 aliphatic carbocycles. The molecule has 2 aromatic carbocycles. The number of allylic oxidation sites excluding steroid dienone is 4. The van der Waals surface area contributed by atoms with Gasteiger partial charge in [-0.05, 0) is 10.3 Å². The maximum Gasteiger partial charge on any atom is -0.00957 e. The number of halogens is 2. The van der Waals surface area contributed by atoms with Gasteiger partial charge in [-0.25, -0.2) is 5.57 Å². The van der Waals surface area contributed by atoms with Gasteiger partial charge in [0.15, 0.2) is 0 Å². The van der Waals surface area contributed by atoms with E-state index >= 15 is 0 Å². The Morgan fingerprint density at radius 3 is 2.10 bits per heavy atom. The first-order valence-corrected chi connectivity index (χ1v) is 16.4. The van der Waals surface area contributed by atoms with Gasteiger partial charge in [0.2, 0.25) is 0 Å². The normalized spacial score (nSPS) is 14.6. The zero-order chi connectivity index (χ0) is 20.0. The monoisotopic (exact) mass is 538 g/mol. The Morgan fingerprint density at radius 2 is 1.66 bits per heavy atom. The quantitative estimate of drug-likeness (QED) is 0.214. The van der Waals surface area contributed by atoms with Crippen LogP contribution in [0, 0.1) is 12.0 Å². The molecule has 0 N–H and O–H groups in total. The van der Waals surface area contributed by atoms with E-state index in [1.54, 1.807) is 34.7 Å². The Labute approximate surface area is 208 Å². The van der Waals surface area contributed by atoms with Crippen LogP contribution in [0.4, 0.5) is 0 Å². The molecule has 0 aliphatic heterocycles. The molecule has 0 nitrogen and oxygen atoms in total. The average Bonchev–Trinajstić information content (AvgIpc) is 3.33. The summed E-state index contributed by atoms with van der Waals surface area (Å²) in [7, 11) is 0. The van der Waals surface area contributed by atoms with Crippen LogP contribution in [0.25, 0.3) is 21.2 Å². The molecule has 4 rings (SSSR count). The second-order valence-corrected chi connectivity index (χ2v) is 17.4. The van der Waals surface area contributed by atoms with Crippen molar-refractivity contribution < 1.29 is 23.3 Å². The van der Waals surface area contributed by atoms with Crippen LogP contribution in [0.3, 0.4) is 0 Å². The van der Waals surface area contributed by atoms with Crippen molar-refractivity contribution in [3.8, 4) is 10.4 Å². The van der Waals surface area contributed by atoms with E-state index < -0.39 is 0 Å². The van der Waals surface area contributed by atoms with Crippen LogP contribution in [0.5, 0.6) is 0 Å². The van der Waals surface area contributed by atoms with Crippen molar-refractivity contribution in [3.05, 3.63) is 76.7 Å². The molecule has 3 aromatic rings. The van der Waals surface area contributed by atoms with E-state index in [4.69, 9.17) is 0 Å². The van der Waals surface area contributed by atoms with Gasteiger partial charge in [-0.3, -0.25) is 6.08 Å². The second kappa shape index (κ2) is 13.9. The summed E-state index contributed by atoms with van der Waals surface area (Å²) < 4.78 is 0. The van der Waals surface area contributed by atoms with Crippen molar-refractivity contribution in [1.29, 1.82) is 0 Å². The third-order valence-electron chi connectivity index (χ3n) is 4.70. The van der Waals surface area contributed by atoms with Crippen molar-refractivity contribution in [1.82, 2.24) is 0 Å². The molecule has 1 atom stereocenters. The third kappa shape index (κ3) is 8.38. The summed E-state index contributed by atoms with van der Waals surface area (Å²) >= 11 is 3.53. The first kappa shape index (κ1) is 28.7. The molecule has 1 aromatic heterocycles.